The minimum absolute atomic E-state index is 0.146. The maximum absolute atomic E-state index is 12.3. The van der Waals surface area contributed by atoms with Crippen molar-refractivity contribution in [1.29, 1.82) is 0 Å². The largest absolute Gasteiger partial charge is 0.497 e. The molecule has 0 aliphatic heterocycles. The topological polar surface area (TPSA) is 78.3 Å². The number of thioether (sulfide) groups is 1. The number of anilines is 1. The average Bonchev–Trinajstić information content (AvgIpc) is 3.14. The minimum atomic E-state index is -0.146. The van der Waals surface area contributed by atoms with Gasteiger partial charge in [0.05, 0.1) is 20.0 Å². The quantitative estimate of drug-likeness (QED) is 0.532. The van der Waals surface area contributed by atoms with Gasteiger partial charge in [-0.3, -0.25) is 4.79 Å². The number of nitrogens with one attached hydrogen (secondary N) is 1. The first-order valence-corrected chi connectivity index (χ1v) is 10.2. The molecule has 1 aromatic heterocycles. The summed E-state index contributed by atoms with van der Waals surface area (Å²) < 4.78 is 12.6. The van der Waals surface area contributed by atoms with E-state index in [0.717, 1.165) is 5.56 Å². The molecule has 7 nitrogen and oxygen atoms in total. The minimum Gasteiger partial charge on any atom is -0.497 e. The van der Waals surface area contributed by atoms with Crippen molar-refractivity contribution >= 4 is 35.0 Å². The number of hydrogen-bond donors (Lipinski definition) is 1. The van der Waals surface area contributed by atoms with Gasteiger partial charge in [-0.05, 0) is 37.3 Å². The van der Waals surface area contributed by atoms with Crippen LogP contribution in [-0.2, 0) is 11.3 Å². The van der Waals surface area contributed by atoms with Gasteiger partial charge >= 0.3 is 0 Å². The van der Waals surface area contributed by atoms with Gasteiger partial charge < -0.3 is 19.4 Å². The van der Waals surface area contributed by atoms with Gasteiger partial charge in [-0.25, -0.2) is 0 Å². The normalized spacial score (nSPS) is 10.6. The summed E-state index contributed by atoms with van der Waals surface area (Å²) in [5, 5.41) is 12.6. The summed E-state index contributed by atoms with van der Waals surface area (Å²) in [5.74, 6) is 2.07. The van der Waals surface area contributed by atoms with E-state index in [1.807, 2.05) is 23.6 Å². The second-order valence-electron chi connectivity index (χ2n) is 6.00. The molecule has 0 unspecified atom stereocenters. The van der Waals surface area contributed by atoms with Crippen molar-refractivity contribution in [2.24, 2.45) is 0 Å². The van der Waals surface area contributed by atoms with Crippen molar-refractivity contribution in [3.63, 3.8) is 0 Å². The maximum atomic E-state index is 12.3. The van der Waals surface area contributed by atoms with E-state index in [1.165, 1.54) is 11.8 Å². The summed E-state index contributed by atoms with van der Waals surface area (Å²) in [4.78, 5) is 12.3. The summed E-state index contributed by atoms with van der Waals surface area (Å²) in [7, 11) is 3.20. The van der Waals surface area contributed by atoms with Crippen LogP contribution in [0.5, 0.6) is 11.5 Å². The third-order valence-corrected chi connectivity index (χ3v) is 5.29. The van der Waals surface area contributed by atoms with Crippen molar-refractivity contribution in [2.75, 3.05) is 25.3 Å². The fraction of sp³-hybridized carbons (Fsp3) is 0.250. The Bertz CT molecular complexity index is 987. The number of carbonyl (C=O) groups excluding carboxylic acids is 1. The zero-order valence-electron chi connectivity index (χ0n) is 16.3. The zero-order valence-corrected chi connectivity index (χ0v) is 17.9. The molecule has 1 N–H and O–H groups in total. The highest BCUT2D eigenvalue weighted by Gasteiger charge is 2.16. The molecule has 0 atom stereocenters. The average molecular weight is 433 g/mol. The molecule has 0 spiro atoms. The molecule has 29 heavy (non-hydrogen) atoms. The molecule has 0 saturated heterocycles. The fourth-order valence-electron chi connectivity index (χ4n) is 2.72. The molecule has 0 saturated carbocycles. The van der Waals surface area contributed by atoms with Crippen molar-refractivity contribution in [2.45, 2.75) is 18.6 Å². The number of halogens is 1. The highest BCUT2D eigenvalue weighted by molar-refractivity contribution is 7.99. The third-order valence-electron chi connectivity index (χ3n) is 4.08. The molecule has 3 rings (SSSR count). The van der Waals surface area contributed by atoms with E-state index in [0.29, 0.717) is 39.7 Å². The highest BCUT2D eigenvalue weighted by atomic mass is 35.5. The van der Waals surface area contributed by atoms with Crippen LogP contribution in [0.3, 0.4) is 0 Å². The molecule has 1 heterocycles. The van der Waals surface area contributed by atoms with Crippen LogP contribution in [0.1, 0.15) is 6.92 Å². The van der Waals surface area contributed by atoms with Gasteiger partial charge in [-0.2, -0.15) is 0 Å². The van der Waals surface area contributed by atoms with E-state index in [4.69, 9.17) is 21.1 Å². The summed E-state index contributed by atoms with van der Waals surface area (Å²) in [6.07, 6.45) is 0. The number of nitrogens with zero attached hydrogens (tertiary/aromatic N) is 3. The van der Waals surface area contributed by atoms with E-state index in [-0.39, 0.29) is 11.7 Å². The Morgan fingerprint density at radius 2 is 1.86 bits per heavy atom. The lowest BCUT2D eigenvalue weighted by molar-refractivity contribution is -0.113. The molecular formula is C20H21ClN4O3S. The van der Waals surface area contributed by atoms with Crippen molar-refractivity contribution < 1.29 is 14.3 Å². The van der Waals surface area contributed by atoms with Crippen molar-refractivity contribution in [3.05, 3.63) is 47.5 Å². The maximum Gasteiger partial charge on any atom is 0.234 e. The molecule has 0 fully saturated rings. The molecule has 3 aromatic rings. The van der Waals surface area contributed by atoms with Crippen molar-refractivity contribution in [3.8, 4) is 22.9 Å². The number of amides is 1. The first kappa shape index (κ1) is 21.0. The van der Waals surface area contributed by atoms with Crippen LogP contribution in [0.2, 0.25) is 5.02 Å². The zero-order chi connectivity index (χ0) is 20.8. The number of hydrogen-bond acceptors (Lipinski definition) is 6. The number of aromatic nitrogens is 3. The Kier molecular flexibility index (Phi) is 7.00. The van der Waals surface area contributed by atoms with Gasteiger partial charge in [0.1, 0.15) is 11.5 Å². The van der Waals surface area contributed by atoms with Gasteiger partial charge in [0, 0.05) is 28.9 Å². The van der Waals surface area contributed by atoms with Gasteiger partial charge in [-0.1, -0.05) is 29.4 Å². The van der Waals surface area contributed by atoms with Crippen LogP contribution < -0.4 is 14.8 Å². The molecule has 9 heteroatoms. The van der Waals surface area contributed by atoms with Crippen molar-refractivity contribution in [1.82, 2.24) is 14.8 Å². The highest BCUT2D eigenvalue weighted by Crippen LogP contribution is 2.31. The molecule has 0 bridgehead atoms. The van der Waals surface area contributed by atoms with Gasteiger partial charge in [-0.15, -0.1) is 10.2 Å². The lowest BCUT2D eigenvalue weighted by Gasteiger charge is -2.10. The Hall–Kier alpha value is -2.71. The molecule has 2 aromatic carbocycles. The summed E-state index contributed by atoms with van der Waals surface area (Å²) in [6, 6.07) is 12.6. The van der Waals surface area contributed by atoms with Crippen LogP contribution in [-0.4, -0.2) is 40.6 Å². The monoisotopic (exact) mass is 432 g/mol. The first-order chi connectivity index (χ1) is 14.0. The fourth-order valence-corrected chi connectivity index (χ4v) is 3.72. The predicted octanol–water partition coefficient (Wildman–Crippen LogP) is 4.37. The second-order valence-corrected chi connectivity index (χ2v) is 7.38. The number of methoxy groups -OCH3 is 2. The van der Waals surface area contributed by atoms with Crippen LogP contribution in [0.25, 0.3) is 11.4 Å². The Morgan fingerprint density at radius 1 is 1.14 bits per heavy atom. The standard InChI is InChI=1S/C20H21ClN4O3S/c1-4-25-19(13-8-16(27-2)11-17(9-13)28-3)23-24-20(25)29-12-18(26)22-15-7-5-6-14(21)10-15/h5-11H,4,12H2,1-3H3,(H,22,26). The van der Waals surface area contributed by atoms with E-state index in [1.54, 1.807) is 44.6 Å². The SMILES string of the molecule is CCn1c(SCC(=O)Nc2cccc(Cl)c2)nnc1-c1cc(OC)cc(OC)c1. The second kappa shape index (κ2) is 9.67. The molecular weight excluding hydrogens is 412 g/mol. The summed E-state index contributed by atoms with van der Waals surface area (Å²) in [5.41, 5.74) is 1.48. The number of rotatable bonds is 8. The first-order valence-electron chi connectivity index (χ1n) is 8.89. The molecule has 1 amide bonds. The molecule has 152 valence electrons. The third kappa shape index (κ3) is 5.21. The molecule has 0 radical (unpaired) electrons. The number of benzene rings is 2. The smallest absolute Gasteiger partial charge is 0.234 e. The number of ether oxygens (including phenoxy) is 2. The lowest BCUT2D eigenvalue weighted by Crippen LogP contribution is -2.14. The van der Waals surface area contributed by atoms with Gasteiger partial charge in [0.25, 0.3) is 0 Å². The Morgan fingerprint density at radius 3 is 2.48 bits per heavy atom. The van der Waals surface area contributed by atoms with Gasteiger partial charge in [0.2, 0.25) is 5.91 Å². The molecule has 0 aliphatic rings. The van der Waals surface area contributed by atoms with E-state index in [9.17, 15) is 4.79 Å². The summed E-state index contributed by atoms with van der Waals surface area (Å²) in [6.45, 7) is 2.65. The molecule has 0 aliphatic carbocycles. The summed E-state index contributed by atoms with van der Waals surface area (Å²) >= 11 is 7.27. The van der Waals surface area contributed by atoms with E-state index in [2.05, 4.69) is 15.5 Å². The van der Waals surface area contributed by atoms with Crippen LogP contribution >= 0.6 is 23.4 Å². The lowest BCUT2D eigenvalue weighted by atomic mass is 10.2. The Labute approximate surface area is 178 Å². The van der Waals surface area contributed by atoms with Crippen LogP contribution in [0.4, 0.5) is 5.69 Å². The van der Waals surface area contributed by atoms with Crippen LogP contribution in [0, 0.1) is 0 Å². The van der Waals surface area contributed by atoms with E-state index >= 15 is 0 Å². The van der Waals surface area contributed by atoms with E-state index < -0.39 is 0 Å². The Balaban J connectivity index is 1.75. The van der Waals surface area contributed by atoms with Crippen LogP contribution in [0.15, 0.2) is 47.6 Å². The predicted molar refractivity (Wildman–Crippen MR) is 115 cm³/mol. The van der Waals surface area contributed by atoms with Gasteiger partial charge in [0.15, 0.2) is 11.0 Å². The number of carbonyl (C=O) groups is 1.